The van der Waals surface area contributed by atoms with Crippen LogP contribution in [0.5, 0.6) is 5.75 Å². The number of urea groups is 1. The standard InChI is InChI=1S/C25H30ClN3O5/c1-4-33-22(30)17-5-9-19(10-6-17)27-24(32)28-20-13-15-29(16-14-20)23(31)25(2,3)34-21-11-7-18(26)8-12-21/h5-12,20H,4,13-16H2,1-3H3,(H2,27,28,32). The van der Waals surface area contributed by atoms with Gasteiger partial charge in [0, 0.05) is 29.8 Å². The summed E-state index contributed by atoms with van der Waals surface area (Å²) in [6.07, 6.45) is 1.27. The van der Waals surface area contributed by atoms with Gasteiger partial charge in [-0.15, -0.1) is 0 Å². The second-order valence-electron chi connectivity index (χ2n) is 8.53. The molecule has 2 N–H and O–H groups in total. The highest BCUT2D eigenvalue weighted by atomic mass is 35.5. The van der Waals surface area contributed by atoms with Gasteiger partial charge in [0.25, 0.3) is 5.91 Å². The minimum Gasteiger partial charge on any atom is -0.478 e. The molecule has 1 heterocycles. The lowest BCUT2D eigenvalue weighted by Gasteiger charge is -2.37. The molecule has 2 aromatic rings. The number of nitrogens with one attached hydrogen (secondary N) is 2. The number of amides is 3. The molecule has 1 aliphatic heterocycles. The zero-order valence-corrected chi connectivity index (χ0v) is 20.4. The van der Waals surface area contributed by atoms with Crippen molar-refractivity contribution in [3.8, 4) is 5.75 Å². The van der Waals surface area contributed by atoms with Crippen LogP contribution in [0, 0.1) is 0 Å². The molecule has 3 rings (SSSR count). The summed E-state index contributed by atoms with van der Waals surface area (Å²) in [6.45, 7) is 6.58. The maximum Gasteiger partial charge on any atom is 0.338 e. The number of anilines is 1. The van der Waals surface area contributed by atoms with Gasteiger partial charge in [-0.3, -0.25) is 4.79 Å². The van der Waals surface area contributed by atoms with Gasteiger partial charge in [0.15, 0.2) is 5.60 Å². The Kier molecular flexibility index (Phi) is 8.39. The van der Waals surface area contributed by atoms with Gasteiger partial charge in [-0.1, -0.05) is 11.6 Å². The first kappa shape index (κ1) is 25.4. The third-order valence-corrected chi connectivity index (χ3v) is 5.72. The average Bonchev–Trinajstić information content (AvgIpc) is 2.81. The number of hydrogen-bond acceptors (Lipinski definition) is 5. The van der Waals surface area contributed by atoms with E-state index >= 15 is 0 Å². The SMILES string of the molecule is CCOC(=O)c1ccc(NC(=O)NC2CCN(C(=O)C(C)(C)Oc3ccc(Cl)cc3)CC2)cc1. The summed E-state index contributed by atoms with van der Waals surface area (Å²) in [6, 6.07) is 13.0. The summed E-state index contributed by atoms with van der Waals surface area (Å²) in [4.78, 5) is 38.9. The number of hydrogen-bond donors (Lipinski definition) is 2. The van der Waals surface area contributed by atoms with Crippen LogP contribution >= 0.6 is 11.6 Å². The maximum absolute atomic E-state index is 13.0. The van der Waals surface area contributed by atoms with Crippen LogP contribution in [0.4, 0.5) is 10.5 Å². The molecule has 34 heavy (non-hydrogen) atoms. The van der Waals surface area contributed by atoms with Crippen LogP contribution < -0.4 is 15.4 Å². The first-order valence-corrected chi connectivity index (χ1v) is 11.6. The van der Waals surface area contributed by atoms with Crippen molar-refractivity contribution in [2.24, 2.45) is 0 Å². The molecule has 2 aromatic carbocycles. The molecular weight excluding hydrogens is 458 g/mol. The van der Waals surface area contributed by atoms with Crippen molar-refractivity contribution in [2.75, 3.05) is 25.0 Å². The molecule has 0 radical (unpaired) electrons. The quantitative estimate of drug-likeness (QED) is 0.561. The van der Waals surface area contributed by atoms with E-state index in [0.717, 1.165) is 0 Å². The van der Waals surface area contributed by atoms with Crippen LogP contribution in [0.25, 0.3) is 0 Å². The molecule has 3 amide bonds. The summed E-state index contributed by atoms with van der Waals surface area (Å²) < 4.78 is 10.9. The van der Waals surface area contributed by atoms with E-state index in [9.17, 15) is 14.4 Å². The molecule has 182 valence electrons. The highest BCUT2D eigenvalue weighted by Crippen LogP contribution is 2.24. The second kappa shape index (κ2) is 11.2. The molecule has 0 bridgehead atoms. The normalized spacial score (nSPS) is 14.3. The monoisotopic (exact) mass is 487 g/mol. The van der Waals surface area contributed by atoms with E-state index in [1.807, 2.05) is 0 Å². The minimum atomic E-state index is -1.03. The highest BCUT2D eigenvalue weighted by Gasteiger charge is 2.36. The third-order valence-electron chi connectivity index (χ3n) is 5.47. The molecule has 1 fully saturated rings. The fourth-order valence-electron chi connectivity index (χ4n) is 3.71. The summed E-state index contributed by atoms with van der Waals surface area (Å²) in [5.74, 6) is 0.0693. The van der Waals surface area contributed by atoms with Crippen molar-refractivity contribution < 1.29 is 23.9 Å². The van der Waals surface area contributed by atoms with Crippen molar-refractivity contribution in [3.63, 3.8) is 0 Å². The van der Waals surface area contributed by atoms with E-state index in [-0.39, 0.29) is 18.0 Å². The van der Waals surface area contributed by atoms with Gasteiger partial charge in [-0.2, -0.15) is 0 Å². The molecule has 8 nitrogen and oxygen atoms in total. The summed E-state index contributed by atoms with van der Waals surface area (Å²) in [7, 11) is 0. The molecule has 0 aliphatic carbocycles. The number of ether oxygens (including phenoxy) is 2. The molecule has 0 aromatic heterocycles. The number of rotatable bonds is 7. The lowest BCUT2D eigenvalue weighted by atomic mass is 10.0. The van der Waals surface area contributed by atoms with Gasteiger partial charge in [0.1, 0.15) is 5.75 Å². The topological polar surface area (TPSA) is 97.0 Å². The van der Waals surface area contributed by atoms with Crippen LogP contribution in [-0.4, -0.2) is 54.1 Å². The van der Waals surface area contributed by atoms with Gasteiger partial charge in [-0.25, -0.2) is 9.59 Å². The molecule has 0 spiro atoms. The lowest BCUT2D eigenvalue weighted by Crippen LogP contribution is -2.54. The zero-order valence-electron chi connectivity index (χ0n) is 19.6. The highest BCUT2D eigenvalue weighted by molar-refractivity contribution is 6.30. The summed E-state index contributed by atoms with van der Waals surface area (Å²) in [5, 5.41) is 6.31. The first-order valence-electron chi connectivity index (χ1n) is 11.3. The van der Waals surface area contributed by atoms with Gasteiger partial charge < -0.3 is 25.0 Å². The van der Waals surface area contributed by atoms with E-state index in [1.165, 1.54) is 0 Å². The number of likely N-dealkylation sites (tertiary alicyclic amines) is 1. The smallest absolute Gasteiger partial charge is 0.338 e. The summed E-state index contributed by atoms with van der Waals surface area (Å²) in [5.41, 5.74) is -0.0339. The number of halogens is 1. The Balaban J connectivity index is 1.45. The molecule has 9 heteroatoms. The Morgan fingerprint density at radius 3 is 2.24 bits per heavy atom. The fraction of sp³-hybridized carbons (Fsp3) is 0.400. The fourth-order valence-corrected chi connectivity index (χ4v) is 3.83. The van der Waals surface area contributed by atoms with Gasteiger partial charge in [0.05, 0.1) is 12.2 Å². The largest absolute Gasteiger partial charge is 0.478 e. The van der Waals surface area contributed by atoms with Crippen LogP contribution in [0.3, 0.4) is 0 Å². The van der Waals surface area contributed by atoms with Crippen molar-refractivity contribution in [1.82, 2.24) is 10.2 Å². The maximum atomic E-state index is 13.0. The molecule has 1 saturated heterocycles. The van der Waals surface area contributed by atoms with Gasteiger partial charge >= 0.3 is 12.0 Å². The van der Waals surface area contributed by atoms with Crippen molar-refractivity contribution in [3.05, 3.63) is 59.1 Å². The Morgan fingerprint density at radius 1 is 1.03 bits per heavy atom. The number of piperidine rings is 1. The number of esters is 1. The van der Waals surface area contributed by atoms with Gasteiger partial charge in [0.2, 0.25) is 0 Å². The van der Waals surface area contributed by atoms with E-state index < -0.39 is 11.6 Å². The molecular formula is C25H30ClN3O5. The van der Waals surface area contributed by atoms with Crippen LogP contribution in [-0.2, 0) is 9.53 Å². The van der Waals surface area contributed by atoms with E-state index in [0.29, 0.717) is 54.6 Å². The Hall–Kier alpha value is -3.26. The first-order chi connectivity index (χ1) is 16.2. The van der Waals surface area contributed by atoms with Crippen molar-refractivity contribution in [2.45, 2.75) is 45.3 Å². The van der Waals surface area contributed by atoms with Crippen LogP contribution in [0.15, 0.2) is 48.5 Å². The molecule has 1 aliphatic rings. The minimum absolute atomic E-state index is 0.0526. The number of carbonyl (C=O) groups is 3. The van der Waals surface area contributed by atoms with Crippen molar-refractivity contribution in [1.29, 1.82) is 0 Å². The molecule has 0 unspecified atom stereocenters. The van der Waals surface area contributed by atoms with E-state index in [1.54, 1.807) is 74.2 Å². The van der Waals surface area contributed by atoms with Crippen LogP contribution in [0.2, 0.25) is 5.02 Å². The number of carbonyl (C=O) groups excluding carboxylic acids is 3. The zero-order chi connectivity index (χ0) is 24.7. The Morgan fingerprint density at radius 2 is 1.65 bits per heavy atom. The molecule has 0 saturated carbocycles. The Bertz CT molecular complexity index is 1000. The van der Waals surface area contributed by atoms with E-state index in [4.69, 9.17) is 21.1 Å². The predicted octanol–water partition coefficient (Wildman–Crippen LogP) is 4.49. The number of benzene rings is 2. The van der Waals surface area contributed by atoms with Gasteiger partial charge in [-0.05, 0) is 82.1 Å². The number of nitrogens with zero attached hydrogens (tertiary/aromatic N) is 1. The summed E-state index contributed by atoms with van der Waals surface area (Å²) >= 11 is 5.91. The van der Waals surface area contributed by atoms with E-state index in [2.05, 4.69) is 10.6 Å². The lowest BCUT2D eigenvalue weighted by molar-refractivity contribution is -0.146. The second-order valence-corrected chi connectivity index (χ2v) is 8.97. The average molecular weight is 488 g/mol. The third kappa shape index (κ3) is 6.87. The van der Waals surface area contributed by atoms with Crippen molar-refractivity contribution >= 4 is 35.2 Å². The Labute approximate surface area is 204 Å². The molecule has 0 atom stereocenters. The van der Waals surface area contributed by atoms with Crippen LogP contribution in [0.1, 0.15) is 44.0 Å². The predicted molar refractivity (Wildman–Crippen MR) is 130 cm³/mol.